The lowest BCUT2D eigenvalue weighted by Crippen LogP contribution is -2.20. The van der Waals surface area contributed by atoms with Crippen LogP contribution >= 0.6 is 0 Å². The molecule has 1 unspecified atom stereocenters. The molecule has 0 fully saturated rings. The van der Waals surface area contributed by atoms with Crippen LogP contribution < -0.4 is 0 Å². The molecule has 1 rings (SSSR count). The Morgan fingerprint density at radius 3 is 1.71 bits per heavy atom. The first-order valence-electron chi connectivity index (χ1n) is 7.05. The van der Waals surface area contributed by atoms with E-state index in [1.54, 1.807) is 12.1 Å². The van der Waals surface area contributed by atoms with Crippen LogP contribution in [0.5, 0.6) is 5.75 Å². The molecule has 1 aromatic rings. The van der Waals surface area contributed by atoms with Gasteiger partial charge in [-0.2, -0.15) is 0 Å². The van der Waals surface area contributed by atoms with E-state index in [9.17, 15) is 14.1 Å². The number of carbonyl (C=O) groups excluding carboxylic acids is 1. The summed E-state index contributed by atoms with van der Waals surface area (Å²) in [4.78, 5) is 12.3. The van der Waals surface area contributed by atoms with E-state index in [2.05, 4.69) is 0 Å². The van der Waals surface area contributed by atoms with Gasteiger partial charge in [-0.3, -0.25) is 9.00 Å². The second-order valence-corrected chi connectivity index (χ2v) is 9.00. The van der Waals surface area contributed by atoms with E-state index in [-0.39, 0.29) is 28.1 Å². The molecule has 118 valence electrons. The van der Waals surface area contributed by atoms with Crippen molar-refractivity contribution in [1.29, 1.82) is 0 Å². The minimum atomic E-state index is -1.17. The topological polar surface area (TPSA) is 54.4 Å². The SMILES string of the molecule is CS(=O)CC(=O)c1cc(C(C)(C)C)c(O)c(C(C)(C)C)c1. The lowest BCUT2D eigenvalue weighted by molar-refractivity contribution is 0.102. The number of hydrogen-bond acceptors (Lipinski definition) is 3. The first-order valence-corrected chi connectivity index (χ1v) is 8.78. The van der Waals surface area contributed by atoms with E-state index in [4.69, 9.17) is 0 Å². The number of rotatable bonds is 3. The Morgan fingerprint density at radius 1 is 1.05 bits per heavy atom. The van der Waals surface area contributed by atoms with Gasteiger partial charge in [0, 0.05) is 33.7 Å². The fourth-order valence-electron chi connectivity index (χ4n) is 2.21. The van der Waals surface area contributed by atoms with Gasteiger partial charge in [0.2, 0.25) is 0 Å². The molecule has 0 amide bonds. The van der Waals surface area contributed by atoms with E-state index in [0.29, 0.717) is 5.56 Å². The second kappa shape index (κ2) is 5.91. The van der Waals surface area contributed by atoms with Crippen molar-refractivity contribution < 1.29 is 14.1 Å². The van der Waals surface area contributed by atoms with Crippen LogP contribution in [0.4, 0.5) is 0 Å². The molecule has 21 heavy (non-hydrogen) atoms. The van der Waals surface area contributed by atoms with Crippen molar-refractivity contribution in [3.8, 4) is 5.75 Å². The number of phenols is 1. The molecule has 4 heteroatoms. The fraction of sp³-hybridized carbons (Fsp3) is 0.588. The minimum absolute atomic E-state index is 0.0118. The van der Waals surface area contributed by atoms with Crippen molar-refractivity contribution in [2.45, 2.75) is 52.4 Å². The zero-order chi connectivity index (χ0) is 16.6. The molecular weight excluding hydrogens is 284 g/mol. The number of phenolic OH excluding ortho intramolecular Hbond substituents is 1. The van der Waals surface area contributed by atoms with Crippen LogP contribution in [0.1, 0.15) is 63.0 Å². The third-order valence-corrected chi connectivity index (χ3v) is 4.05. The molecule has 1 atom stereocenters. The molecule has 1 N–H and O–H groups in total. The molecule has 1 aromatic carbocycles. The van der Waals surface area contributed by atoms with Crippen LogP contribution in [0.3, 0.4) is 0 Å². The van der Waals surface area contributed by atoms with Gasteiger partial charge in [0.15, 0.2) is 5.78 Å². The number of aromatic hydroxyl groups is 1. The summed E-state index contributed by atoms with van der Waals surface area (Å²) < 4.78 is 11.3. The summed E-state index contributed by atoms with van der Waals surface area (Å²) in [6.07, 6.45) is 1.52. The standard InChI is InChI=1S/C17H26O3S/c1-16(2,3)12-8-11(14(18)10-21(7)20)9-13(15(12)19)17(4,5)6/h8-9,19H,10H2,1-7H3. The van der Waals surface area contributed by atoms with E-state index >= 15 is 0 Å². The molecule has 0 aliphatic carbocycles. The molecule has 0 aromatic heterocycles. The van der Waals surface area contributed by atoms with Crippen molar-refractivity contribution >= 4 is 16.6 Å². The van der Waals surface area contributed by atoms with Crippen LogP contribution in [0.25, 0.3) is 0 Å². The Morgan fingerprint density at radius 2 is 1.43 bits per heavy atom. The summed E-state index contributed by atoms with van der Waals surface area (Å²) in [5.74, 6) is 0.119. The van der Waals surface area contributed by atoms with Crippen LogP contribution in [0, 0.1) is 0 Å². The third-order valence-electron chi connectivity index (χ3n) is 3.38. The summed E-state index contributed by atoms with van der Waals surface area (Å²) in [6.45, 7) is 12.0. The van der Waals surface area contributed by atoms with Crippen LogP contribution in [0.2, 0.25) is 0 Å². The predicted octanol–water partition coefficient (Wildman–Crippen LogP) is 3.55. The normalized spacial score (nSPS) is 14.0. The summed E-state index contributed by atoms with van der Waals surface area (Å²) >= 11 is 0. The third kappa shape index (κ3) is 4.40. The highest BCUT2D eigenvalue weighted by Gasteiger charge is 2.27. The molecular formula is C17H26O3S. The summed E-state index contributed by atoms with van der Waals surface area (Å²) in [5.41, 5.74) is 1.48. The van der Waals surface area contributed by atoms with Crippen molar-refractivity contribution in [1.82, 2.24) is 0 Å². The van der Waals surface area contributed by atoms with Crippen LogP contribution in [-0.4, -0.2) is 27.1 Å². The molecule has 0 radical (unpaired) electrons. The van der Waals surface area contributed by atoms with Gasteiger partial charge in [0.25, 0.3) is 0 Å². The smallest absolute Gasteiger partial charge is 0.175 e. The highest BCUT2D eigenvalue weighted by Crippen LogP contribution is 2.39. The molecule has 0 heterocycles. The Balaban J connectivity index is 3.55. The van der Waals surface area contributed by atoms with Gasteiger partial charge in [-0.05, 0) is 23.0 Å². The lowest BCUT2D eigenvalue weighted by atomic mass is 9.78. The average molecular weight is 310 g/mol. The van der Waals surface area contributed by atoms with E-state index in [1.807, 2.05) is 41.5 Å². The molecule has 0 aliphatic heterocycles. The van der Waals surface area contributed by atoms with Crippen molar-refractivity contribution in [2.75, 3.05) is 12.0 Å². The lowest BCUT2D eigenvalue weighted by Gasteiger charge is -2.28. The first-order chi connectivity index (χ1) is 9.34. The van der Waals surface area contributed by atoms with Crippen molar-refractivity contribution in [2.24, 2.45) is 0 Å². The zero-order valence-electron chi connectivity index (χ0n) is 14.0. The maximum Gasteiger partial charge on any atom is 0.175 e. The molecule has 0 spiro atoms. The van der Waals surface area contributed by atoms with Crippen LogP contribution in [-0.2, 0) is 21.6 Å². The van der Waals surface area contributed by atoms with E-state index in [1.165, 1.54) is 6.26 Å². The summed E-state index contributed by atoms with van der Waals surface area (Å²) in [7, 11) is -1.17. The zero-order valence-corrected chi connectivity index (χ0v) is 14.9. The molecule has 3 nitrogen and oxygen atoms in total. The monoisotopic (exact) mass is 310 g/mol. The Hall–Kier alpha value is -1.16. The van der Waals surface area contributed by atoms with Gasteiger partial charge in [-0.15, -0.1) is 0 Å². The number of Topliss-reactive ketones (excluding diaryl/α,β-unsaturated/α-hetero) is 1. The predicted molar refractivity (Wildman–Crippen MR) is 88.8 cm³/mol. The highest BCUT2D eigenvalue weighted by molar-refractivity contribution is 7.85. The Bertz CT molecular complexity index is 540. The maximum atomic E-state index is 12.3. The molecule has 0 saturated carbocycles. The molecule has 0 saturated heterocycles. The van der Waals surface area contributed by atoms with Gasteiger partial charge in [0.05, 0.1) is 5.75 Å². The molecule has 0 aliphatic rings. The summed E-state index contributed by atoms with van der Waals surface area (Å²) in [5, 5.41) is 10.6. The Labute approximate surface area is 130 Å². The van der Waals surface area contributed by atoms with Crippen molar-refractivity contribution in [3.63, 3.8) is 0 Å². The first kappa shape index (κ1) is 17.9. The van der Waals surface area contributed by atoms with Crippen LogP contribution in [0.15, 0.2) is 12.1 Å². The quantitative estimate of drug-likeness (QED) is 0.869. The van der Waals surface area contributed by atoms with E-state index < -0.39 is 10.8 Å². The number of benzene rings is 1. The number of hydrogen-bond donors (Lipinski definition) is 1. The van der Waals surface area contributed by atoms with Crippen molar-refractivity contribution in [3.05, 3.63) is 28.8 Å². The maximum absolute atomic E-state index is 12.3. The average Bonchev–Trinajstić information content (AvgIpc) is 2.24. The van der Waals surface area contributed by atoms with Gasteiger partial charge >= 0.3 is 0 Å². The summed E-state index contributed by atoms with van der Waals surface area (Å²) in [6, 6.07) is 3.47. The second-order valence-electron chi connectivity index (χ2n) is 7.56. The van der Waals surface area contributed by atoms with Gasteiger partial charge in [0.1, 0.15) is 5.75 Å². The fourth-order valence-corrected chi connectivity index (χ4v) is 2.74. The van der Waals surface area contributed by atoms with Gasteiger partial charge in [-0.25, -0.2) is 0 Å². The Kier molecular flexibility index (Phi) is 5.04. The highest BCUT2D eigenvalue weighted by atomic mass is 32.2. The minimum Gasteiger partial charge on any atom is -0.507 e. The largest absolute Gasteiger partial charge is 0.507 e. The van der Waals surface area contributed by atoms with Gasteiger partial charge < -0.3 is 5.11 Å². The molecule has 0 bridgehead atoms. The van der Waals surface area contributed by atoms with Gasteiger partial charge in [-0.1, -0.05) is 41.5 Å². The van der Waals surface area contributed by atoms with E-state index in [0.717, 1.165) is 11.1 Å². The number of ketones is 1. The number of carbonyl (C=O) groups is 1.